The smallest absolute Gasteiger partial charge is 0.175 e. The zero-order valence-electron chi connectivity index (χ0n) is 14.7. The molecule has 0 aliphatic rings. The summed E-state index contributed by atoms with van der Waals surface area (Å²) in [6.45, 7) is 2.66. The second kappa shape index (κ2) is 10.1. The van der Waals surface area contributed by atoms with E-state index < -0.39 is 5.82 Å². The standard InChI is InChI=1S/C19H22BrClFNO3/c1-3-13(10-24)23-9-12-7-15(20)19(18(8-12)25-2)26-11-14-16(21)5-4-6-17(14)22/h4-8,13,23-24H,3,9-11H2,1-2H3/t13-/m1/s1. The lowest BCUT2D eigenvalue weighted by molar-refractivity contribution is 0.238. The third-order valence-electron chi connectivity index (χ3n) is 4.02. The van der Waals surface area contributed by atoms with E-state index in [1.54, 1.807) is 19.2 Å². The zero-order valence-corrected chi connectivity index (χ0v) is 17.0. The number of nitrogens with one attached hydrogen (secondary N) is 1. The summed E-state index contributed by atoms with van der Waals surface area (Å²) >= 11 is 9.52. The fourth-order valence-electron chi connectivity index (χ4n) is 2.43. The van der Waals surface area contributed by atoms with Gasteiger partial charge in [-0.25, -0.2) is 4.39 Å². The molecule has 0 radical (unpaired) electrons. The van der Waals surface area contributed by atoms with Crippen LogP contribution in [0.3, 0.4) is 0 Å². The molecule has 2 N–H and O–H groups in total. The Kier molecular flexibility index (Phi) is 8.15. The molecule has 2 aromatic rings. The number of aliphatic hydroxyl groups is 1. The molecule has 2 aromatic carbocycles. The van der Waals surface area contributed by atoms with Crippen LogP contribution in [-0.4, -0.2) is 24.9 Å². The summed E-state index contributed by atoms with van der Waals surface area (Å²) in [6, 6.07) is 8.30. The largest absolute Gasteiger partial charge is 0.493 e. The number of methoxy groups -OCH3 is 1. The van der Waals surface area contributed by atoms with E-state index in [4.69, 9.17) is 21.1 Å². The minimum absolute atomic E-state index is 0.0134. The van der Waals surface area contributed by atoms with E-state index in [2.05, 4.69) is 21.2 Å². The highest BCUT2D eigenvalue weighted by Gasteiger charge is 2.15. The van der Waals surface area contributed by atoms with Gasteiger partial charge in [0.15, 0.2) is 11.5 Å². The number of benzene rings is 2. The molecule has 2 rings (SSSR count). The van der Waals surface area contributed by atoms with Crippen molar-refractivity contribution in [3.05, 3.63) is 56.8 Å². The molecular weight excluding hydrogens is 425 g/mol. The van der Waals surface area contributed by atoms with Gasteiger partial charge in [-0.3, -0.25) is 0 Å². The predicted molar refractivity (Wildman–Crippen MR) is 104 cm³/mol. The highest BCUT2D eigenvalue weighted by molar-refractivity contribution is 9.10. The van der Waals surface area contributed by atoms with Gasteiger partial charge in [0.1, 0.15) is 12.4 Å². The fourth-order valence-corrected chi connectivity index (χ4v) is 3.25. The maximum Gasteiger partial charge on any atom is 0.175 e. The number of hydrogen-bond donors (Lipinski definition) is 2. The first-order valence-electron chi connectivity index (χ1n) is 8.26. The molecule has 0 saturated heterocycles. The zero-order chi connectivity index (χ0) is 19.1. The van der Waals surface area contributed by atoms with Gasteiger partial charge in [0, 0.05) is 18.2 Å². The molecule has 0 aromatic heterocycles. The van der Waals surface area contributed by atoms with Crippen molar-refractivity contribution in [1.29, 1.82) is 0 Å². The molecule has 26 heavy (non-hydrogen) atoms. The van der Waals surface area contributed by atoms with E-state index in [1.165, 1.54) is 6.07 Å². The lowest BCUT2D eigenvalue weighted by atomic mass is 10.1. The monoisotopic (exact) mass is 445 g/mol. The first-order valence-corrected chi connectivity index (χ1v) is 9.43. The molecule has 7 heteroatoms. The molecule has 0 aliphatic carbocycles. The maximum atomic E-state index is 13.9. The second-order valence-corrected chi connectivity index (χ2v) is 7.03. The van der Waals surface area contributed by atoms with Crippen LogP contribution >= 0.6 is 27.5 Å². The van der Waals surface area contributed by atoms with Crippen LogP contribution in [0.2, 0.25) is 5.02 Å². The van der Waals surface area contributed by atoms with Crippen molar-refractivity contribution in [3.8, 4) is 11.5 Å². The Morgan fingerprint density at radius 1 is 1.35 bits per heavy atom. The van der Waals surface area contributed by atoms with Crippen molar-refractivity contribution in [2.45, 2.75) is 32.5 Å². The topological polar surface area (TPSA) is 50.7 Å². The highest BCUT2D eigenvalue weighted by atomic mass is 79.9. The molecule has 0 heterocycles. The summed E-state index contributed by atoms with van der Waals surface area (Å²) in [5.74, 6) is 0.591. The Hall–Kier alpha value is -1.34. The van der Waals surface area contributed by atoms with Crippen LogP contribution in [0.1, 0.15) is 24.5 Å². The molecule has 4 nitrogen and oxygen atoms in total. The maximum absolute atomic E-state index is 13.9. The van der Waals surface area contributed by atoms with Gasteiger partial charge >= 0.3 is 0 Å². The first kappa shape index (κ1) is 21.0. The normalized spacial score (nSPS) is 12.1. The van der Waals surface area contributed by atoms with E-state index in [9.17, 15) is 9.50 Å². The molecule has 0 aliphatic heterocycles. The van der Waals surface area contributed by atoms with Crippen molar-refractivity contribution in [2.75, 3.05) is 13.7 Å². The Morgan fingerprint density at radius 2 is 2.12 bits per heavy atom. The van der Waals surface area contributed by atoms with Gasteiger partial charge in [0.05, 0.1) is 23.2 Å². The quantitative estimate of drug-likeness (QED) is 0.587. The number of hydrogen-bond acceptors (Lipinski definition) is 4. The molecule has 142 valence electrons. The summed E-state index contributed by atoms with van der Waals surface area (Å²) in [7, 11) is 1.55. The van der Waals surface area contributed by atoms with Gasteiger partial charge in [-0.15, -0.1) is 0 Å². The van der Waals surface area contributed by atoms with Gasteiger partial charge in [0.25, 0.3) is 0 Å². The first-order chi connectivity index (χ1) is 12.5. The molecule has 0 fully saturated rings. The Morgan fingerprint density at radius 3 is 2.73 bits per heavy atom. The summed E-state index contributed by atoms with van der Waals surface area (Å²) in [5, 5.41) is 12.9. The Labute approximate surface area is 166 Å². The van der Waals surface area contributed by atoms with E-state index in [-0.39, 0.29) is 19.3 Å². The molecule has 0 amide bonds. The molecule has 1 atom stereocenters. The third-order valence-corrected chi connectivity index (χ3v) is 4.96. The highest BCUT2D eigenvalue weighted by Crippen LogP contribution is 2.37. The molecule has 0 unspecified atom stereocenters. The third kappa shape index (κ3) is 5.33. The van der Waals surface area contributed by atoms with Crippen molar-refractivity contribution in [2.24, 2.45) is 0 Å². The molecule has 0 bridgehead atoms. The van der Waals surface area contributed by atoms with Gasteiger partial charge in [-0.1, -0.05) is 24.6 Å². The van der Waals surface area contributed by atoms with Gasteiger partial charge < -0.3 is 19.9 Å². The minimum atomic E-state index is -0.414. The number of aliphatic hydroxyl groups excluding tert-OH is 1. The average Bonchev–Trinajstić information content (AvgIpc) is 2.63. The number of ether oxygens (including phenoxy) is 2. The summed E-state index contributed by atoms with van der Waals surface area (Å²) in [4.78, 5) is 0. The predicted octanol–water partition coefficient (Wildman–Crippen LogP) is 4.69. The van der Waals surface area contributed by atoms with Crippen LogP contribution in [0.4, 0.5) is 4.39 Å². The van der Waals surface area contributed by atoms with Crippen LogP contribution in [0.15, 0.2) is 34.8 Å². The lowest BCUT2D eigenvalue weighted by Gasteiger charge is -2.17. The fraction of sp³-hybridized carbons (Fsp3) is 0.368. The van der Waals surface area contributed by atoms with Crippen LogP contribution in [-0.2, 0) is 13.2 Å². The van der Waals surface area contributed by atoms with E-state index in [0.29, 0.717) is 33.1 Å². The minimum Gasteiger partial charge on any atom is -0.493 e. The van der Waals surface area contributed by atoms with E-state index in [1.807, 2.05) is 19.1 Å². The molecule has 0 spiro atoms. The van der Waals surface area contributed by atoms with Crippen molar-refractivity contribution >= 4 is 27.5 Å². The van der Waals surface area contributed by atoms with Gasteiger partial charge in [0.2, 0.25) is 0 Å². The van der Waals surface area contributed by atoms with Crippen LogP contribution in [0.5, 0.6) is 11.5 Å². The summed E-state index contributed by atoms with van der Waals surface area (Å²) in [6.07, 6.45) is 0.833. The van der Waals surface area contributed by atoms with Gasteiger partial charge in [-0.05, 0) is 52.2 Å². The Balaban J connectivity index is 2.16. The van der Waals surface area contributed by atoms with E-state index in [0.717, 1.165) is 12.0 Å². The van der Waals surface area contributed by atoms with Crippen LogP contribution in [0, 0.1) is 5.82 Å². The van der Waals surface area contributed by atoms with Crippen molar-refractivity contribution in [3.63, 3.8) is 0 Å². The molecule has 0 saturated carbocycles. The summed E-state index contributed by atoms with van der Waals surface area (Å²) < 4.78 is 25.8. The number of halogens is 3. The second-order valence-electron chi connectivity index (χ2n) is 5.77. The van der Waals surface area contributed by atoms with Crippen LogP contribution < -0.4 is 14.8 Å². The number of rotatable bonds is 9. The van der Waals surface area contributed by atoms with Crippen molar-refractivity contribution in [1.82, 2.24) is 5.32 Å². The molecular formula is C19H22BrClFNO3. The van der Waals surface area contributed by atoms with Gasteiger partial charge in [-0.2, -0.15) is 0 Å². The van der Waals surface area contributed by atoms with Crippen molar-refractivity contribution < 1.29 is 19.0 Å². The average molecular weight is 447 g/mol. The van der Waals surface area contributed by atoms with E-state index >= 15 is 0 Å². The SMILES string of the molecule is CC[C@H](CO)NCc1cc(Br)c(OCc2c(F)cccc2Cl)c(OC)c1. The summed E-state index contributed by atoms with van der Waals surface area (Å²) in [5.41, 5.74) is 1.26. The Bertz CT molecular complexity index is 721. The van der Waals surface area contributed by atoms with Crippen LogP contribution in [0.25, 0.3) is 0 Å². The lowest BCUT2D eigenvalue weighted by Crippen LogP contribution is -2.31.